The Bertz CT molecular complexity index is 1270. The predicted molar refractivity (Wildman–Crippen MR) is 127 cm³/mol. The van der Waals surface area contributed by atoms with E-state index in [9.17, 15) is 19.2 Å². The van der Waals surface area contributed by atoms with Gasteiger partial charge in [0, 0.05) is 16.8 Å². The molecule has 4 N–H and O–H groups in total. The summed E-state index contributed by atoms with van der Waals surface area (Å²) in [5.41, 5.74) is 1.59. The van der Waals surface area contributed by atoms with Gasteiger partial charge in [0.2, 0.25) is 0 Å². The van der Waals surface area contributed by atoms with Gasteiger partial charge in [-0.3, -0.25) is 19.7 Å². The van der Waals surface area contributed by atoms with Gasteiger partial charge in [0.25, 0.3) is 17.7 Å². The van der Waals surface area contributed by atoms with Crippen LogP contribution < -0.4 is 21.3 Å². The number of carbonyl (C=O) groups excluding carboxylic acids is 4. The van der Waals surface area contributed by atoms with Crippen LogP contribution in [0.1, 0.15) is 51.7 Å². The Morgan fingerprint density at radius 2 is 1.56 bits per heavy atom. The second-order valence-corrected chi connectivity index (χ2v) is 8.25. The largest absolute Gasteiger partial charge is 0.346 e. The van der Waals surface area contributed by atoms with E-state index in [1.54, 1.807) is 67.6 Å². The lowest BCUT2D eigenvalue weighted by atomic mass is 9.91. The fourth-order valence-electron chi connectivity index (χ4n) is 3.76. The number of carbonyl (C=O) groups is 4. The maximum absolute atomic E-state index is 12.9. The van der Waals surface area contributed by atoms with Gasteiger partial charge in [-0.25, -0.2) is 4.79 Å². The van der Waals surface area contributed by atoms with Gasteiger partial charge >= 0.3 is 6.03 Å². The lowest BCUT2D eigenvalue weighted by Gasteiger charge is -2.22. The second-order valence-electron chi connectivity index (χ2n) is 8.25. The van der Waals surface area contributed by atoms with Crippen molar-refractivity contribution in [2.75, 3.05) is 5.32 Å². The Morgan fingerprint density at radius 3 is 2.26 bits per heavy atom. The molecule has 0 aliphatic carbocycles. The van der Waals surface area contributed by atoms with Crippen molar-refractivity contribution in [2.45, 2.75) is 25.4 Å². The molecule has 34 heavy (non-hydrogen) atoms. The van der Waals surface area contributed by atoms with E-state index >= 15 is 0 Å². The Balaban J connectivity index is 1.46. The van der Waals surface area contributed by atoms with E-state index < -0.39 is 17.5 Å². The normalized spacial score (nSPS) is 17.9. The van der Waals surface area contributed by atoms with Crippen molar-refractivity contribution in [3.8, 4) is 0 Å². The highest BCUT2D eigenvalue weighted by molar-refractivity contribution is 6.07. The van der Waals surface area contributed by atoms with E-state index in [4.69, 9.17) is 0 Å². The SMILES string of the molecule is CC(NC(=O)c1cccc(C2(C)NC(=O)NC2=O)c1)c1cccc(NC(=O)c2ccccc2)c1. The smallest absolute Gasteiger partial charge is 0.322 e. The topological polar surface area (TPSA) is 116 Å². The molecule has 5 amide bonds. The van der Waals surface area contributed by atoms with E-state index in [1.807, 2.05) is 25.1 Å². The van der Waals surface area contributed by atoms with Crippen LogP contribution >= 0.6 is 0 Å². The summed E-state index contributed by atoms with van der Waals surface area (Å²) in [7, 11) is 0. The highest BCUT2D eigenvalue weighted by Gasteiger charge is 2.43. The third kappa shape index (κ3) is 4.66. The van der Waals surface area contributed by atoms with Crippen LogP contribution in [0, 0.1) is 0 Å². The monoisotopic (exact) mass is 456 g/mol. The Labute approximate surface area is 196 Å². The molecule has 2 atom stereocenters. The van der Waals surface area contributed by atoms with Crippen molar-refractivity contribution in [1.82, 2.24) is 16.0 Å². The molecule has 8 heteroatoms. The van der Waals surface area contributed by atoms with E-state index in [-0.39, 0.29) is 17.9 Å². The highest BCUT2D eigenvalue weighted by atomic mass is 16.2. The van der Waals surface area contributed by atoms with Crippen LogP contribution in [0.5, 0.6) is 0 Å². The predicted octanol–water partition coefficient (Wildman–Crippen LogP) is 3.48. The zero-order valence-electron chi connectivity index (χ0n) is 18.7. The summed E-state index contributed by atoms with van der Waals surface area (Å²) in [6.45, 7) is 3.42. The third-order valence-corrected chi connectivity index (χ3v) is 5.77. The van der Waals surface area contributed by atoms with E-state index in [1.165, 1.54) is 0 Å². The standard InChI is InChI=1S/C26H24N4O4/c1-16(18-10-7-13-21(15-18)28-22(31)17-8-4-3-5-9-17)27-23(32)19-11-6-12-20(14-19)26(2)24(33)29-25(34)30-26/h3-16H,1-2H3,(H,27,32)(H,28,31)(H2,29,30,33,34). The molecule has 2 unspecified atom stereocenters. The zero-order valence-corrected chi connectivity index (χ0v) is 18.7. The first kappa shape index (κ1) is 22.7. The molecule has 1 fully saturated rings. The van der Waals surface area contributed by atoms with Gasteiger partial charge < -0.3 is 16.0 Å². The average Bonchev–Trinajstić information content (AvgIpc) is 3.11. The van der Waals surface area contributed by atoms with Gasteiger partial charge in [-0.15, -0.1) is 0 Å². The molecule has 1 aliphatic rings. The first-order valence-electron chi connectivity index (χ1n) is 10.8. The van der Waals surface area contributed by atoms with Crippen molar-refractivity contribution in [2.24, 2.45) is 0 Å². The Morgan fingerprint density at radius 1 is 0.853 bits per heavy atom. The van der Waals surface area contributed by atoms with Gasteiger partial charge in [-0.05, 0) is 61.4 Å². The van der Waals surface area contributed by atoms with E-state index in [2.05, 4.69) is 21.3 Å². The summed E-state index contributed by atoms with van der Waals surface area (Å²) >= 11 is 0. The number of hydrogen-bond donors (Lipinski definition) is 4. The maximum atomic E-state index is 12.9. The van der Waals surface area contributed by atoms with Crippen LogP contribution in [0.2, 0.25) is 0 Å². The number of nitrogens with one attached hydrogen (secondary N) is 4. The molecule has 4 rings (SSSR count). The van der Waals surface area contributed by atoms with Crippen LogP contribution in [-0.4, -0.2) is 23.8 Å². The van der Waals surface area contributed by atoms with Gasteiger partial charge in [0.1, 0.15) is 5.54 Å². The van der Waals surface area contributed by atoms with Crippen LogP contribution in [-0.2, 0) is 10.3 Å². The van der Waals surface area contributed by atoms with Crippen molar-refractivity contribution < 1.29 is 19.2 Å². The number of amides is 5. The fourth-order valence-corrected chi connectivity index (χ4v) is 3.76. The molecular weight excluding hydrogens is 432 g/mol. The summed E-state index contributed by atoms with van der Waals surface area (Å²) in [5.74, 6) is -1.03. The third-order valence-electron chi connectivity index (χ3n) is 5.77. The molecule has 0 saturated carbocycles. The number of benzene rings is 3. The zero-order chi connectivity index (χ0) is 24.3. The van der Waals surface area contributed by atoms with Crippen molar-refractivity contribution >= 4 is 29.4 Å². The molecule has 0 radical (unpaired) electrons. The minimum atomic E-state index is -1.25. The fraction of sp³-hybridized carbons (Fsp3) is 0.154. The van der Waals surface area contributed by atoms with Crippen molar-refractivity contribution in [3.63, 3.8) is 0 Å². The molecule has 3 aromatic rings. The lowest BCUT2D eigenvalue weighted by molar-refractivity contribution is -0.123. The van der Waals surface area contributed by atoms with Gasteiger partial charge in [0.05, 0.1) is 6.04 Å². The number of imide groups is 1. The Kier molecular flexibility index (Phi) is 6.14. The molecule has 3 aromatic carbocycles. The quantitative estimate of drug-likeness (QED) is 0.425. The Hall–Kier alpha value is -4.46. The highest BCUT2D eigenvalue weighted by Crippen LogP contribution is 2.25. The summed E-state index contributed by atoms with van der Waals surface area (Å²) in [5, 5.41) is 10.6. The molecule has 1 aliphatic heterocycles. The molecule has 0 bridgehead atoms. The summed E-state index contributed by atoms with van der Waals surface area (Å²) in [6.07, 6.45) is 0. The molecule has 8 nitrogen and oxygen atoms in total. The first-order chi connectivity index (χ1) is 16.3. The first-order valence-corrected chi connectivity index (χ1v) is 10.8. The number of rotatable bonds is 6. The molecule has 172 valence electrons. The van der Waals surface area contributed by atoms with Crippen LogP contribution in [0.15, 0.2) is 78.9 Å². The molecular formula is C26H24N4O4. The maximum Gasteiger partial charge on any atom is 0.322 e. The summed E-state index contributed by atoms with van der Waals surface area (Å²) < 4.78 is 0. The molecule has 0 spiro atoms. The average molecular weight is 457 g/mol. The van der Waals surface area contributed by atoms with Crippen LogP contribution in [0.4, 0.5) is 10.5 Å². The van der Waals surface area contributed by atoms with Gasteiger partial charge in [0.15, 0.2) is 0 Å². The van der Waals surface area contributed by atoms with Crippen LogP contribution in [0.25, 0.3) is 0 Å². The molecule has 1 heterocycles. The number of urea groups is 1. The number of anilines is 1. The van der Waals surface area contributed by atoms with E-state index in [0.29, 0.717) is 22.4 Å². The van der Waals surface area contributed by atoms with Crippen molar-refractivity contribution in [3.05, 3.63) is 101 Å². The minimum absolute atomic E-state index is 0.220. The van der Waals surface area contributed by atoms with Crippen LogP contribution in [0.3, 0.4) is 0 Å². The van der Waals surface area contributed by atoms with Gasteiger partial charge in [-0.1, -0.05) is 42.5 Å². The molecule has 1 saturated heterocycles. The van der Waals surface area contributed by atoms with Crippen molar-refractivity contribution in [1.29, 1.82) is 0 Å². The van der Waals surface area contributed by atoms with Gasteiger partial charge in [-0.2, -0.15) is 0 Å². The summed E-state index contributed by atoms with van der Waals surface area (Å²) in [6, 6.07) is 21.8. The molecule has 0 aromatic heterocycles. The van der Waals surface area contributed by atoms with E-state index in [0.717, 1.165) is 5.56 Å². The lowest BCUT2D eigenvalue weighted by Crippen LogP contribution is -2.40. The number of hydrogen-bond acceptors (Lipinski definition) is 4. The minimum Gasteiger partial charge on any atom is -0.346 e. The summed E-state index contributed by atoms with van der Waals surface area (Å²) in [4.78, 5) is 49.2. The second kappa shape index (κ2) is 9.19.